The first-order chi connectivity index (χ1) is 7.65. The van der Waals surface area contributed by atoms with Gasteiger partial charge in [-0.15, -0.1) is 0 Å². The lowest BCUT2D eigenvalue weighted by Gasteiger charge is -2.47. The second-order valence-corrected chi connectivity index (χ2v) is 6.18. The molecular formula is C12H18F6. The van der Waals surface area contributed by atoms with E-state index in [1.165, 1.54) is 0 Å². The molecule has 1 saturated carbocycles. The van der Waals surface area contributed by atoms with Gasteiger partial charge in [0.05, 0.1) is 0 Å². The monoisotopic (exact) mass is 276 g/mol. The molecule has 0 aromatic heterocycles. The van der Waals surface area contributed by atoms with Gasteiger partial charge in [0, 0.05) is 11.8 Å². The highest BCUT2D eigenvalue weighted by molar-refractivity contribution is 5.28. The molecule has 0 amide bonds. The fraction of sp³-hybridized carbons (Fsp3) is 1.00. The molecular weight excluding hydrogens is 258 g/mol. The van der Waals surface area contributed by atoms with Crippen LogP contribution in [0, 0.1) is 5.41 Å². The van der Waals surface area contributed by atoms with Gasteiger partial charge in [-0.05, 0) is 20.8 Å². The van der Waals surface area contributed by atoms with Crippen LogP contribution in [0.1, 0.15) is 41.0 Å². The van der Waals surface area contributed by atoms with Crippen molar-refractivity contribution in [2.24, 2.45) is 5.41 Å². The lowest BCUT2D eigenvalue weighted by molar-refractivity contribution is -0.187. The molecule has 4 unspecified atom stereocenters. The average molecular weight is 276 g/mol. The maximum atomic E-state index is 14.5. The predicted octanol–water partition coefficient (Wildman–Crippen LogP) is 4.57. The van der Waals surface area contributed by atoms with Crippen molar-refractivity contribution in [1.82, 2.24) is 0 Å². The zero-order valence-electron chi connectivity index (χ0n) is 11.1. The van der Waals surface area contributed by atoms with Crippen molar-refractivity contribution in [3.8, 4) is 0 Å². The van der Waals surface area contributed by atoms with Gasteiger partial charge in [-0.25, -0.2) is 26.3 Å². The van der Waals surface area contributed by atoms with E-state index < -0.39 is 40.9 Å². The van der Waals surface area contributed by atoms with Crippen LogP contribution in [0.25, 0.3) is 0 Å². The zero-order chi connectivity index (χ0) is 14.8. The first-order valence-electron chi connectivity index (χ1n) is 5.69. The molecule has 4 atom stereocenters. The van der Waals surface area contributed by atoms with Gasteiger partial charge in [-0.3, -0.25) is 0 Å². The third-order valence-corrected chi connectivity index (χ3v) is 4.77. The Kier molecular flexibility index (Phi) is 3.10. The Hall–Kier alpha value is -0.420. The molecule has 1 aliphatic rings. The molecule has 0 aliphatic heterocycles. The minimum atomic E-state index is -3.63. The van der Waals surface area contributed by atoms with E-state index in [2.05, 4.69) is 0 Å². The van der Waals surface area contributed by atoms with Gasteiger partial charge < -0.3 is 0 Å². The molecule has 0 nitrogen and oxygen atoms in total. The van der Waals surface area contributed by atoms with E-state index in [9.17, 15) is 26.3 Å². The average Bonchev–Trinajstić information content (AvgIpc) is 2.66. The summed E-state index contributed by atoms with van der Waals surface area (Å²) in [5.74, 6) is 0. The van der Waals surface area contributed by atoms with Crippen LogP contribution in [-0.2, 0) is 0 Å². The van der Waals surface area contributed by atoms with Gasteiger partial charge in [0.1, 0.15) is 5.67 Å². The second-order valence-electron chi connectivity index (χ2n) is 6.18. The Morgan fingerprint density at radius 1 is 1.00 bits per heavy atom. The number of rotatable bonds is 4. The molecule has 0 aromatic rings. The van der Waals surface area contributed by atoms with Gasteiger partial charge in [0.15, 0.2) is 11.3 Å². The van der Waals surface area contributed by atoms with E-state index >= 15 is 0 Å². The first-order valence-corrected chi connectivity index (χ1v) is 5.69. The summed E-state index contributed by atoms with van der Waals surface area (Å²) in [6.45, 7) is 3.74. The van der Waals surface area contributed by atoms with Crippen LogP contribution in [0.5, 0.6) is 0 Å². The third kappa shape index (κ3) is 1.59. The van der Waals surface area contributed by atoms with Crippen molar-refractivity contribution >= 4 is 0 Å². The summed E-state index contributed by atoms with van der Waals surface area (Å²) in [7, 11) is 0. The van der Waals surface area contributed by atoms with Crippen molar-refractivity contribution in [2.75, 3.05) is 0 Å². The van der Waals surface area contributed by atoms with E-state index in [-0.39, 0.29) is 0 Å². The van der Waals surface area contributed by atoms with Crippen LogP contribution in [0.4, 0.5) is 26.3 Å². The van der Waals surface area contributed by atoms with E-state index in [4.69, 9.17) is 0 Å². The standard InChI is InChI=1S/C12H18F6/c1-8(2,12(18)6-9(12,3)15)11(5,17)10(4,16)7(13)14/h7H,6H2,1-5H3. The molecule has 1 rings (SSSR count). The van der Waals surface area contributed by atoms with Gasteiger partial charge in [-0.2, -0.15) is 0 Å². The number of alkyl halides is 6. The summed E-state index contributed by atoms with van der Waals surface area (Å²) in [6, 6.07) is 0. The van der Waals surface area contributed by atoms with Crippen molar-refractivity contribution in [1.29, 1.82) is 0 Å². The summed E-state index contributed by atoms with van der Waals surface area (Å²) in [5.41, 5.74) is -14.0. The van der Waals surface area contributed by atoms with Crippen LogP contribution < -0.4 is 0 Å². The Bertz CT molecular complexity index is 330. The Labute approximate surface area is 103 Å². The minimum absolute atomic E-state index is 0.376. The topological polar surface area (TPSA) is 0 Å². The van der Waals surface area contributed by atoms with E-state index in [0.717, 1.165) is 20.8 Å². The largest absolute Gasteiger partial charge is 0.275 e. The lowest BCUT2D eigenvalue weighted by atomic mass is 9.64. The van der Waals surface area contributed by atoms with Gasteiger partial charge in [0.25, 0.3) is 6.43 Å². The van der Waals surface area contributed by atoms with Crippen molar-refractivity contribution in [3.05, 3.63) is 0 Å². The summed E-state index contributed by atoms with van der Waals surface area (Å²) < 4.78 is 81.5. The molecule has 0 N–H and O–H groups in total. The maximum absolute atomic E-state index is 14.5. The molecule has 0 heterocycles. The summed E-state index contributed by atoms with van der Waals surface area (Å²) in [4.78, 5) is 0. The highest BCUT2D eigenvalue weighted by atomic mass is 19.3. The van der Waals surface area contributed by atoms with Gasteiger partial charge in [0.2, 0.25) is 5.67 Å². The molecule has 1 aliphatic carbocycles. The molecule has 18 heavy (non-hydrogen) atoms. The van der Waals surface area contributed by atoms with E-state index in [1.807, 2.05) is 0 Å². The predicted molar refractivity (Wildman–Crippen MR) is 56.8 cm³/mol. The molecule has 0 bridgehead atoms. The highest BCUT2D eigenvalue weighted by Gasteiger charge is 2.81. The van der Waals surface area contributed by atoms with Gasteiger partial charge in [-0.1, -0.05) is 13.8 Å². The van der Waals surface area contributed by atoms with Crippen LogP contribution in [0.2, 0.25) is 0 Å². The van der Waals surface area contributed by atoms with Crippen molar-refractivity contribution in [3.63, 3.8) is 0 Å². The molecule has 1 fully saturated rings. The Balaban J connectivity index is 3.21. The molecule has 108 valence electrons. The smallest absolute Gasteiger partial charge is 0.241 e. The normalized spacial score (nSPS) is 39.3. The van der Waals surface area contributed by atoms with E-state index in [0.29, 0.717) is 13.8 Å². The zero-order valence-corrected chi connectivity index (χ0v) is 11.1. The molecule has 0 saturated heterocycles. The molecule has 6 heteroatoms. The quantitative estimate of drug-likeness (QED) is 0.660. The Morgan fingerprint density at radius 2 is 1.33 bits per heavy atom. The number of halogens is 6. The van der Waals surface area contributed by atoms with Crippen LogP contribution in [0.3, 0.4) is 0 Å². The number of hydrogen-bond acceptors (Lipinski definition) is 0. The number of hydrogen-bond donors (Lipinski definition) is 0. The summed E-state index contributed by atoms with van der Waals surface area (Å²) in [6.07, 6.45) is -4.24. The minimum Gasteiger partial charge on any atom is -0.241 e. The van der Waals surface area contributed by atoms with Crippen molar-refractivity contribution < 1.29 is 26.3 Å². The van der Waals surface area contributed by atoms with Crippen LogP contribution in [0.15, 0.2) is 0 Å². The first kappa shape index (κ1) is 15.6. The van der Waals surface area contributed by atoms with Gasteiger partial charge >= 0.3 is 0 Å². The SMILES string of the molecule is CC1(F)CC1(F)C(C)(C)C(C)(F)C(C)(F)C(F)F. The van der Waals surface area contributed by atoms with Crippen molar-refractivity contribution in [2.45, 2.75) is 70.1 Å². The molecule has 0 aromatic carbocycles. The third-order valence-electron chi connectivity index (χ3n) is 4.77. The lowest BCUT2D eigenvalue weighted by Crippen LogP contribution is -2.61. The highest BCUT2D eigenvalue weighted by Crippen LogP contribution is 2.68. The summed E-state index contributed by atoms with van der Waals surface area (Å²) >= 11 is 0. The fourth-order valence-electron chi connectivity index (χ4n) is 2.47. The Morgan fingerprint density at radius 3 is 1.56 bits per heavy atom. The fourth-order valence-corrected chi connectivity index (χ4v) is 2.47. The van der Waals surface area contributed by atoms with Crippen LogP contribution in [-0.4, -0.2) is 29.1 Å². The maximum Gasteiger partial charge on any atom is 0.275 e. The van der Waals surface area contributed by atoms with Crippen LogP contribution >= 0.6 is 0 Å². The summed E-state index contributed by atoms with van der Waals surface area (Å²) in [5, 5.41) is 0. The second kappa shape index (κ2) is 3.57. The molecule has 0 spiro atoms. The van der Waals surface area contributed by atoms with E-state index in [1.54, 1.807) is 0 Å². The molecule has 0 radical (unpaired) electrons.